The molecule has 0 bridgehead atoms. The number of non-ortho nitro benzene ring substituents is 1. The van der Waals surface area contributed by atoms with Crippen molar-refractivity contribution in [3.63, 3.8) is 0 Å². The number of anilines is 1. The lowest BCUT2D eigenvalue weighted by Crippen LogP contribution is -2.16. The number of rotatable bonds is 10. The van der Waals surface area contributed by atoms with Crippen molar-refractivity contribution in [3.8, 4) is 0 Å². The lowest BCUT2D eigenvalue weighted by atomic mass is 9.85. The van der Waals surface area contributed by atoms with Crippen molar-refractivity contribution in [2.75, 3.05) is 11.9 Å². The average Bonchev–Trinajstić information content (AvgIpc) is 3.79. The minimum absolute atomic E-state index is 0.0387. The number of hydrogen-bond donors (Lipinski definition) is 2. The van der Waals surface area contributed by atoms with Crippen LogP contribution in [-0.2, 0) is 17.8 Å². The highest BCUT2D eigenvalue weighted by Crippen LogP contribution is 2.51. The standard InChI is InChI=1S/C35H32N4O5S/c40-35(41)27-12-11-25(39(42)43)16-29(27)28-15-23(14-24(28)18-44-17-21-6-2-1-3-7-21)30-19-45-33-32(30)36-20-37-34(33)38-31-13-10-22-8-4-5-9-26(22)31/h1-9,11-12,16,19-20,23-24,28,31H,10,13-15,17-18H2,(H,40,41)(H,36,37,38)/t23-,24+,28-,31-/m0/s1. The molecule has 2 heterocycles. The maximum absolute atomic E-state index is 12.3. The van der Waals surface area contributed by atoms with Gasteiger partial charge in [-0.05, 0) is 82.7 Å². The van der Waals surface area contributed by atoms with E-state index in [0.29, 0.717) is 25.2 Å². The summed E-state index contributed by atoms with van der Waals surface area (Å²) in [7, 11) is 0. The van der Waals surface area contributed by atoms with E-state index in [4.69, 9.17) is 9.72 Å². The number of carbonyl (C=O) groups is 1. The van der Waals surface area contributed by atoms with E-state index in [9.17, 15) is 20.0 Å². The summed E-state index contributed by atoms with van der Waals surface area (Å²) in [5.41, 5.74) is 6.21. The van der Waals surface area contributed by atoms with Gasteiger partial charge in [-0.15, -0.1) is 11.3 Å². The fraction of sp³-hybridized carbons (Fsp3) is 0.286. The van der Waals surface area contributed by atoms with Crippen molar-refractivity contribution in [1.82, 2.24) is 9.97 Å². The number of fused-ring (bicyclic) bond motifs is 2. The minimum Gasteiger partial charge on any atom is -0.478 e. The molecule has 1 fully saturated rings. The zero-order chi connectivity index (χ0) is 30.9. The zero-order valence-corrected chi connectivity index (χ0v) is 25.3. The van der Waals surface area contributed by atoms with Crippen LogP contribution in [0.4, 0.5) is 11.5 Å². The maximum Gasteiger partial charge on any atom is 0.335 e. The monoisotopic (exact) mass is 620 g/mol. The number of carboxylic acids is 1. The SMILES string of the molecule is O=C(O)c1ccc([N+](=O)[O-])cc1[C@H]1C[C@@H](c2csc3c(N[C@H]4CCc5ccccc54)ncnc23)C[C@@H]1COCc1ccccc1. The molecule has 10 heteroatoms. The Morgan fingerprint density at radius 3 is 2.67 bits per heavy atom. The number of nitro benzene ring substituents is 1. The Bertz CT molecular complexity index is 1880. The molecular weight excluding hydrogens is 588 g/mol. The van der Waals surface area contributed by atoms with Crippen molar-refractivity contribution in [3.05, 3.63) is 128 Å². The number of benzene rings is 3. The molecule has 0 radical (unpaired) electrons. The van der Waals surface area contributed by atoms with Crippen LogP contribution in [-0.4, -0.2) is 32.6 Å². The van der Waals surface area contributed by atoms with E-state index in [1.165, 1.54) is 29.3 Å². The summed E-state index contributed by atoms with van der Waals surface area (Å²) in [5, 5.41) is 27.6. The fourth-order valence-corrected chi connectivity index (χ4v) is 8.20. The van der Waals surface area contributed by atoms with Gasteiger partial charge in [0.1, 0.15) is 12.1 Å². The van der Waals surface area contributed by atoms with Gasteiger partial charge in [0.05, 0.1) is 40.0 Å². The molecule has 0 aliphatic heterocycles. The molecule has 2 N–H and O–H groups in total. The lowest BCUT2D eigenvalue weighted by Gasteiger charge is -2.21. The minimum atomic E-state index is -1.09. The number of nitrogens with zero attached hydrogens (tertiary/aromatic N) is 3. The first kappa shape index (κ1) is 29.1. The molecule has 5 aromatic rings. The highest BCUT2D eigenvalue weighted by Gasteiger charge is 2.40. The molecule has 4 atom stereocenters. The lowest BCUT2D eigenvalue weighted by molar-refractivity contribution is -0.384. The van der Waals surface area contributed by atoms with Gasteiger partial charge in [0.15, 0.2) is 0 Å². The quantitative estimate of drug-likeness (QED) is 0.119. The van der Waals surface area contributed by atoms with E-state index in [-0.39, 0.29) is 35.0 Å². The van der Waals surface area contributed by atoms with Gasteiger partial charge in [0, 0.05) is 12.1 Å². The molecule has 3 aromatic carbocycles. The molecule has 0 amide bonds. The summed E-state index contributed by atoms with van der Waals surface area (Å²) >= 11 is 1.62. The van der Waals surface area contributed by atoms with E-state index in [2.05, 4.69) is 39.9 Å². The van der Waals surface area contributed by atoms with Crippen molar-refractivity contribution in [2.24, 2.45) is 5.92 Å². The van der Waals surface area contributed by atoms with E-state index in [0.717, 1.165) is 46.4 Å². The Labute approximate surface area is 264 Å². The number of carboxylic acid groups (broad SMARTS) is 1. The van der Waals surface area contributed by atoms with Crippen LogP contribution < -0.4 is 5.32 Å². The Balaban J connectivity index is 1.19. The Morgan fingerprint density at radius 2 is 1.84 bits per heavy atom. The van der Waals surface area contributed by atoms with Gasteiger partial charge in [-0.3, -0.25) is 10.1 Å². The first-order valence-electron chi connectivity index (χ1n) is 15.2. The predicted octanol–water partition coefficient (Wildman–Crippen LogP) is 7.89. The Hall–Kier alpha value is -4.67. The van der Waals surface area contributed by atoms with E-state index in [1.54, 1.807) is 17.7 Å². The second-order valence-corrected chi connectivity index (χ2v) is 12.8. The van der Waals surface area contributed by atoms with Crippen molar-refractivity contribution < 1.29 is 19.6 Å². The zero-order valence-electron chi connectivity index (χ0n) is 24.5. The third-order valence-corrected chi connectivity index (χ3v) is 10.3. The Kier molecular flexibility index (Phi) is 7.99. The van der Waals surface area contributed by atoms with Crippen LogP contribution in [0.3, 0.4) is 0 Å². The normalized spacial score (nSPS) is 20.7. The number of hydrogen-bond acceptors (Lipinski definition) is 8. The number of aromatic nitrogens is 2. The molecule has 7 rings (SSSR count). The van der Waals surface area contributed by atoms with Crippen LogP contribution in [0, 0.1) is 16.0 Å². The molecule has 2 aliphatic carbocycles. The van der Waals surface area contributed by atoms with Gasteiger partial charge in [-0.2, -0.15) is 0 Å². The molecule has 0 unspecified atom stereocenters. The summed E-state index contributed by atoms with van der Waals surface area (Å²) in [6.07, 6.45) is 5.03. The van der Waals surface area contributed by atoms with Crippen LogP contribution in [0.25, 0.3) is 10.2 Å². The number of ether oxygens (including phenoxy) is 1. The van der Waals surface area contributed by atoms with Crippen LogP contribution in [0.15, 0.2) is 84.5 Å². The second-order valence-electron chi connectivity index (χ2n) is 11.9. The molecule has 0 spiro atoms. The second kappa shape index (κ2) is 12.4. The highest BCUT2D eigenvalue weighted by atomic mass is 32.1. The molecule has 228 valence electrons. The number of aromatic carboxylic acids is 1. The first-order valence-corrected chi connectivity index (χ1v) is 16.0. The number of thiophene rings is 1. The summed E-state index contributed by atoms with van der Waals surface area (Å²) in [6, 6.07) is 22.7. The van der Waals surface area contributed by atoms with E-state index < -0.39 is 10.9 Å². The fourth-order valence-electron chi connectivity index (χ4n) is 7.15. The van der Waals surface area contributed by atoms with Crippen molar-refractivity contribution >= 4 is 39.0 Å². The smallest absolute Gasteiger partial charge is 0.335 e. The van der Waals surface area contributed by atoms with Crippen molar-refractivity contribution in [2.45, 2.75) is 50.2 Å². The molecule has 2 aromatic heterocycles. The first-order chi connectivity index (χ1) is 22.0. The Morgan fingerprint density at radius 1 is 1.02 bits per heavy atom. The summed E-state index contributed by atoms with van der Waals surface area (Å²) in [4.78, 5) is 32.9. The molecular formula is C35H32N4O5S. The van der Waals surface area contributed by atoms with Crippen LogP contribution in [0.1, 0.15) is 75.3 Å². The predicted molar refractivity (Wildman–Crippen MR) is 173 cm³/mol. The molecule has 1 saturated carbocycles. The number of aryl methyl sites for hydroxylation is 1. The molecule has 0 saturated heterocycles. The maximum atomic E-state index is 12.3. The van der Waals surface area contributed by atoms with Crippen LogP contribution in [0.5, 0.6) is 0 Å². The average molecular weight is 621 g/mol. The van der Waals surface area contributed by atoms with Gasteiger partial charge < -0.3 is 15.2 Å². The van der Waals surface area contributed by atoms with E-state index >= 15 is 0 Å². The van der Waals surface area contributed by atoms with Crippen LogP contribution >= 0.6 is 11.3 Å². The van der Waals surface area contributed by atoms with E-state index in [1.807, 2.05) is 30.3 Å². The molecule has 2 aliphatic rings. The summed E-state index contributed by atoms with van der Waals surface area (Å²) < 4.78 is 7.19. The van der Waals surface area contributed by atoms with Gasteiger partial charge in [0.2, 0.25) is 0 Å². The van der Waals surface area contributed by atoms with Crippen molar-refractivity contribution in [1.29, 1.82) is 0 Å². The number of nitrogens with one attached hydrogen (secondary N) is 1. The van der Waals surface area contributed by atoms with Gasteiger partial charge in [0.25, 0.3) is 5.69 Å². The third kappa shape index (κ3) is 5.79. The summed E-state index contributed by atoms with van der Waals surface area (Å²) in [6.45, 7) is 0.839. The largest absolute Gasteiger partial charge is 0.478 e. The summed E-state index contributed by atoms with van der Waals surface area (Å²) in [5.74, 6) is -0.471. The van der Waals surface area contributed by atoms with Crippen LogP contribution in [0.2, 0.25) is 0 Å². The molecule has 45 heavy (non-hydrogen) atoms. The highest BCUT2D eigenvalue weighted by molar-refractivity contribution is 7.18. The van der Waals surface area contributed by atoms with Gasteiger partial charge >= 0.3 is 5.97 Å². The number of nitro groups is 1. The third-order valence-electron chi connectivity index (χ3n) is 9.28. The van der Waals surface area contributed by atoms with Gasteiger partial charge in [-0.1, -0.05) is 54.6 Å². The topological polar surface area (TPSA) is 127 Å². The molecule has 9 nitrogen and oxygen atoms in total. The van der Waals surface area contributed by atoms with Gasteiger partial charge in [-0.25, -0.2) is 14.8 Å².